The third kappa shape index (κ3) is 4.76. The van der Waals surface area contributed by atoms with Crippen LogP contribution in [0.3, 0.4) is 0 Å². The predicted octanol–water partition coefficient (Wildman–Crippen LogP) is 2.91. The van der Waals surface area contributed by atoms with Crippen molar-refractivity contribution in [2.75, 3.05) is 13.2 Å². The van der Waals surface area contributed by atoms with Crippen LogP contribution in [0.5, 0.6) is 11.5 Å². The van der Waals surface area contributed by atoms with Crippen LogP contribution in [-0.2, 0) is 4.79 Å². The number of rotatable bonds is 7. The molecule has 0 atom stereocenters. The fraction of sp³-hybridized carbons (Fsp3) is 0.562. The molecule has 4 nitrogen and oxygen atoms in total. The minimum Gasteiger partial charge on any atom is -0.494 e. The van der Waals surface area contributed by atoms with E-state index in [9.17, 15) is 4.79 Å². The third-order valence-corrected chi connectivity index (χ3v) is 3.39. The molecule has 0 unspecified atom stereocenters. The van der Waals surface area contributed by atoms with Crippen molar-refractivity contribution in [1.29, 1.82) is 0 Å². The molecule has 1 aromatic rings. The summed E-state index contributed by atoms with van der Waals surface area (Å²) >= 11 is 0. The Morgan fingerprint density at radius 1 is 1.15 bits per heavy atom. The average molecular weight is 277 g/mol. The molecule has 1 saturated carbocycles. The maximum Gasteiger partial charge on any atom is 0.258 e. The number of nitrogens with one attached hydrogen (secondary N) is 1. The Labute approximate surface area is 120 Å². The van der Waals surface area contributed by atoms with Gasteiger partial charge in [0.15, 0.2) is 6.61 Å². The van der Waals surface area contributed by atoms with Crippen LogP contribution >= 0.6 is 0 Å². The molecule has 1 amide bonds. The highest BCUT2D eigenvalue weighted by Gasteiger charge is 2.17. The standard InChI is InChI=1S/C16H23NO3/c1-2-11-19-14-7-9-15(10-8-14)20-12-16(18)17-13-5-3-4-6-13/h7-10,13H,2-6,11-12H2,1H3,(H,17,18). The molecular weight excluding hydrogens is 254 g/mol. The van der Waals surface area contributed by atoms with Crippen LogP contribution in [0.4, 0.5) is 0 Å². The van der Waals surface area contributed by atoms with E-state index in [-0.39, 0.29) is 12.5 Å². The largest absolute Gasteiger partial charge is 0.494 e. The Hall–Kier alpha value is -1.71. The lowest BCUT2D eigenvalue weighted by Crippen LogP contribution is -2.36. The van der Waals surface area contributed by atoms with Crippen molar-refractivity contribution in [2.24, 2.45) is 0 Å². The van der Waals surface area contributed by atoms with Gasteiger partial charge in [-0.2, -0.15) is 0 Å². The monoisotopic (exact) mass is 277 g/mol. The molecule has 4 heteroatoms. The van der Waals surface area contributed by atoms with Gasteiger partial charge in [-0.3, -0.25) is 4.79 Å². The van der Waals surface area contributed by atoms with Crippen molar-refractivity contribution in [3.63, 3.8) is 0 Å². The molecule has 1 aliphatic carbocycles. The normalized spacial score (nSPS) is 15.1. The number of hydrogen-bond donors (Lipinski definition) is 1. The number of ether oxygens (including phenoxy) is 2. The van der Waals surface area contributed by atoms with E-state index in [1.807, 2.05) is 24.3 Å². The van der Waals surface area contributed by atoms with Crippen molar-refractivity contribution >= 4 is 5.91 Å². The maximum atomic E-state index is 11.7. The summed E-state index contributed by atoms with van der Waals surface area (Å²) in [6, 6.07) is 7.72. The average Bonchev–Trinajstić information content (AvgIpc) is 2.97. The lowest BCUT2D eigenvalue weighted by molar-refractivity contribution is -0.123. The molecule has 1 aromatic carbocycles. The molecule has 20 heavy (non-hydrogen) atoms. The van der Waals surface area contributed by atoms with E-state index in [2.05, 4.69) is 12.2 Å². The Morgan fingerprint density at radius 3 is 2.35 bits per heavy atom. The minimum atomic E-state index is -0.0387. The number of benzene rings is 1. The van der Waals surface area contributed by atoms with Crippen LogP contribution in [-0.4, -0.2) is 25.2 Å². The molecule has 0 spiro atoms. The first kappa shape index (κ1) is 14.7. The fourth-order valence-electron chi connectivity index (χ4n) is 2.34. The van der Waals surface area contributed by atoms with E-state index in [4.69, 9.17) is 9.47 Å². The summed E-state index contributed by atoms with van der Waals surface area (Å²) in [4.78, 5) is 11.7. The molecule has 110 valence electrons. The van der Waals surface area contributed by atoms with E-state index in [0.717, 1.165) is 25.0 Å². The lowest BCUT2D eigenvalue weighted by Gasteiger charge is -2.12. The summed E-state index contributed by atoms with van der Waals surface area (Å²) < 4.78 is 11.0. The Bertz CT molecular complexity index is 410. The van der Waals surface area contributed by atoms with Gasteiger partial charge in [0, 0.05) is 6.04 Å². The predicted molar refractivity (Wildman–Crippen MR) is 78.1 cm³/mol. The highest BCUT2D eigenvalue weighted by Crippen LogP contribution is 2.19. The van der Waals surface area contributed by atoms with Crippen molar-refractivity contribution in [1.82, 2.24) is 5.32 Å². The van der Waals surface area contributed by atoms with Gasteiger partial charge in [-0.1, -0.05) is 19.8 Å². The second-order valence-corrected chi connectivity index (χ2v) is 5.16. The van der Waals surface area contributed by atoms with E-state index in [0.29, 0.717) is 18.4 Å². The number of carbonyl (C=O) groups excluding carboxylic acids is 1. The van der Waals surface area contributed by atoms with Crippen LogP contribution in [0.2, 0.25) is 0 Å². The second-order valence-electron chi connectivity index (χ2n) is 5.16. The van der Waals surface area contributed by atoms with E-state index in [1.165, 1.54) is 12.8 Å². The molecule has 1 fully saturated rings. The summed E-state index contributed by atoms with van der Waals surface area (Å²) in [6.45, 7) is 2.86. The Balaban J connectivity index is 1.71. The van der Waals surface area contributed by atoms with Crippen LogP contribution < -0.4 is 14.8 Å². The van der Waals surface area contributed by atoms with Gasteiger partial charge in [-0.25, -0.2) is 0 Å². The van der Waals surface area contributed by atoms with Crippen LogP contribution in [0.1, 0.15) is 39.0 Å². The van der Waals surface area contributed by atoms with Gasteiger partial charge in [0.2, 0.25) is 0 Å². The minimum absolute atomic E-state index is 0.0387. The summed E-state index contributed by atoms with van der Waals surface area (Å²) in [6.07, 6.45) is 5.60. The summed E-state index contributed by atoms with van der Waals surface area (Å²) in [5, 5.41) is 3.00. The van der Waals surface area contributed by atoms with Crippen molar-refractivity contribution in [3.8, 4) is 11.5 Å². The third-order valence-electron chi connectivity index (χ3n) is 3.39. The first-order valence-electron chi connectivity index (χ1n) is 7.43. The van der Waals surface area contributed by atoms with Crippen molar-refractivity contribution < 1.29 is 14.3 Å². The van der Waals surface area contributed by atoms with Gasteiger partial charge in [0.05, 0.1) is 6.61 Å². The zero-order valence-electron chi connectivity index (χ0n) is 12.1. The van der Waals surface area contributed by atoms with Gasteiger partial charge in [0.1, 0.15) is 11.5 Å². The molecule has 0 saturated heterocycles. The number of hydrogen-bond acceptors (Lipinski definition) is 3. The molecule has 0 radical (unpaired) electrons. The molecule has 0 aromatic heterocycles. The summed E-state index contributed by atoms with van der Waals surface area (Å²) in [7, 11) is 0. The molecule has 2 rings (SSSR count). The molecule has 1 N–H and O–H groups in total. The van der Waals surface area contributed by atoms with Crippen molar-refractivity contribution in [2.45, 2.75) is 45.1 Å². The molecular formula is C16H23NO3. The van der Waals surface area contributed by atoms with E-state index < -0.39 is 0 Å². The fourth-order valence-corrected chi connectivity index (χ4v) is 2.34. The molecule has 0 aliphatic heterocycles. The van der Waals surface area contributed by atoms with E-state index >= 15 is 0 Å². The zero-order chi connectivity index (χ0) is 14.2. The summed E-state index contributed by atoms with van der Waals surface area (Å²) in [5.74, 6) is 1.48. The zero-order valence-corrected chi connectivity index (χ0v) is 12.1. The summed E-state index contributed by atoms with van der Waals surface area (Å²) in [5.41, 5.74) is 0. The van der Waals surface area contributed by atoms with Gasteiger partial charge < -0.3 is 14.8 Å². The smallest absolute Gasteiger partial charge is 0.258 e. The first-order chi connectivity index (χ1) is 9.78. The van der Waals surface area contributed by atoms with Crippen LogP contribution in [0.15, 0.2) is 24.3 Å². The van der Waals surface area contributed by atoms with Gasteiger partial charge >= 0.3 is 0 Å². The highest BCUT2D eigenvalue weighted by molar-refractivity contribution is 5.77. The lowest BCUT2D eigenvalue weighted by atomic mass is 10.2. The first-order valence-corrected chi connectivity index (χ1v) is 7.43. The van der Waals surface area contributed by atoms with Gasteiger partial charge in [-0.15, -0.1) is 0 Å². The van der Waals surface area contributed by atoms with Crippen LogP contribution in [0, 0.1) is 0 Å². The molecule has 0 heterocycles. The Morgan fingerprint density at radius 2 is 1.75 bits per heavy atom. The Kier molecular flexibility index (Phi) is 5.71. The number of carbonyl (C=O) groups is 1. The quantitative estimate of drug-likeness (QED) is 0.833. The SMILES string of the molecule is CCCOc1ccc(OCC(=O)NC2CCCC2)cc1. The van der Waals surface area contributed by atoms with Crippen molar-refractivity contribution in [3.05, 3.63) is 24.3 Å². The molecule has 1 aliphatic rings. The maximum absolute atomic E-state index is 11.7. The number of amides is 1. The topological polar surface area (TPSA) is 47.6 Å². The highest BCUT2D eigenvalue weighted by atomic mass is 16.5. The van der Waals surface area contributed by atoms with Crippen LogP contribution in [0.25, 0.3) is 0 Å². The van der Waals surface area contributed by atoms with Gasteiger partial charge in [0.25, 0.3) is 5.91 Å². The van der Waals surface area contributed by atoms with Gasteiger partial charge in [-0.05, 0) is 43.5 Å². The van der Waals surface area contributed by atoms with E-state index in [1.54, 1.807) is 0 Å². The molecule has 0 bridgehead atoms. The second kappa shape index (κ2) is 7.78.